The van der Waals surface area contributed by atoms with Gasteiger partial charge in [0.25, 0.3) is 0 Å². The van der Waals surface area contributed by atoms with E-state index in [1.165, 1.54) is 65.7 Å². The molecule has 4 nitrogen and oxygen atoms in total. The summed E-state index contributed by atoms with van der Waals surface area (Å²) in [4.78, 5) is 4.79. The molecule has 13 aromatic rings. The fraction of sp³-hybridized carbons (Fsp3) is 0.200. The second-order valence-corrected chi connectivity index (χ2v) is 24.8. The summed E-state index contributed by atoms with van der Waals surface area (Å²) >= 11 is 0. The molecule has 2 heterocycles. The molecule has 2 aromatic heterocycles. The van der Waals surface area contributed by atoms with Crippen molar-refractivity contribution < 1.29 is 8.83 Å². The monoisotopic (exact) mass is 1030 g/mol. The molecule has 79 heavy (non-hydrogen) atoms. The van der Waals surface area contributed by atoms with Crippen molar-refractivity contribution in [1.29, 1.82) is 0 Å². The van der Waals surface area contributed by atoms with Gasteiger partial charge in [0, 0.05) is 49.7 Å². The van der Waals surface area contributed by atoms with E-state index >= 15 is 0 Å². The van der Waals surface area contributed by atoms with Gasteiger partial charge in [-0.1, -0.05) is 215 Å². The van der Waals surface area contributed by atoms with Gasteiger partial charge in [0.15, 0.2) is 11.2 Å². The highest BCUT2D eigenvalue weighted by atomic mass is 16.3. The van der Waals surface area contributed by atoms with Gasteiger partial charge in [0.05, 0.1) is 11.4 Å². The van der Waals surface area contributed by atoms with Crippen LogP contribution in [-0.2, 0) is 5.41 Å². The van der Waals surface area contributed by atoms with Crippen molar-refractivity contribution >= 4 is 110 Å². The van der Waals surface area contributed by atoms with Crippen molar-refractivity contribution in [2.75, 3.05) is 9.80 Å². The largest absolute Gasteiger partial charge is 0.454 e. The summed E-state index contributed by atoms with van der Waals surface area (Å²) in [5.41, 5.74) is 17.0. The van der Waals surface area contributed by atoms with Gasteiger partial charge in [-0.15, -0.1) is 0 Å². The van der Waals surface area contributed by atoms with Crippen molar-refractivity contribution in [3.8, 4) is 11.1 Å². The summed E-state index contributed by atoms with van der Waals surface area (Å²) in [7, 11) is 0. The fourth-order valence-electron chi connectivity index (χ4n) is 14.7. The molecule has 0 unspecified atom stereocenters. The molecule has 11 aromatic carbocycles. The molecule has 14 rings (SSSR count). The smallest absolute Gasteiger partial charge is 0.159 e. The first-order valence-corrected chi connectivity index (χ1v) is 28.3. The van der Waals surface area contributed by atoms with E-state index in [1.54, 1.807) is 0 Å². The van der Waals surface area contributed by atoms with Crippen LogP contribution in [0.2, 0.25) is 0 Å². The van der Waals surface area contributed by atoms with Crippen LogP contribution >= 0.6 is 0 Å². The van der Waals surface area contributed by atoms with Crippen molar-refractivity contribution in [2.24, 2.45) is 10.8 Å². The third-order valence-corrected chi connectivity index (χ3v) is 17.6. The third-order valence-electron chi connectivity index (χ3n) is 17.6. The summed E-state index contributed by atoms with van der Waals surface area (Å²) in [5, 5.41) is 12.1. The average molecular weight is 1030 g/mol. The van der Waals surface area contributed by atoms with Crippen LogP contribution in [0.3, 0.4) is 0 Å². The number of para-hydroxylation sites is 6. The van der Waals surface area contributed by atoms with E-state index in [0.717, 1.165) is 78.0 Å². The first kappa shape index (κ1) is 48.7. The number of benzene rings is 11. The zero-order chi connectivity index (χ0) is 54.3. The summed E-state index contributed by atoms with van der Waals surface area (Å²) in [5.74, 6) is 0.647. The van der Waals surface area contributed by atoms with Crippen LogP contribution in [-0.4, -0.2) is 0 Å². The molecule has 0 spiro atoms. The van der Waals surface area contributed by atoms with Crippen LogP contribution in [0, 0.1) is 10.8 Å². The van der Waals surface area contributed by atoms with Crippen LogP contribution in [0.15, 0.2) is 215 Å². The molecule has 0 radical (unpaired) electrons. The Hall–Kier alpha value is -8.60. The van der Waals surface area contributed by atoms with E-state index in [2.05, 4.69) is 285 Å². The molecule has 0 aliphatic heterocycles. The van der Waals surface area contributed by atoms with E-state index in [4.69, 9.17) is 8.83 Å². The molecule has 4 heteroatoms. The number of hydrogen-bond donors (Lipinski definition) is 0. The van der Waals surface area contributed by atoms with Crippen molar-refractivity contribution in [3.63, 3.8) is 0 Å². The second-order valence-electron chi connectivity index (χ2n) is 24.8. The fourth-order valence-corrected chi connectivity index (χ4v) is 14.7. The lowest BCUT2D eigenvalue weighted by molar-refractivity contribution is 0.0977. The summed E-state index contributed by atoms with van der Waals surface area (Å²) < 4.78 is 14.1. The molecule has 0 saturated heterocycles. The Morgan fingerprint density at radius 1 is 0.342 bits per heavy atom. The molecule has 0 amide bonds. The van der Waals surface area contributed by atoms with Crippen molar-refractivity contribution in [3.05, 3.63) is 229 Å². The third kappa shape index (κ3) is 7.05. The van der Waals surface area contributed by atoms with E-state index in [1.807, 2.05) is 0 Å². The predicted octanol–water partition coefficient (Wildman–Crippen LogP) is 22.5. The SMILES string of the molecule is CC(C)c1cccc2c1oc1c(N(c3ccccc3)c3ccc4c5c(ccc4c3)-c3c(c4ccc(N(c6ccccc6)c6cccc7c6oc6c(C(C)C)cccc67)cc4c4ccccc34)C5(C(C)(C)C)C(C)(C)C)cccc12. The van der Waals surface area contributed by atoms with Gasteiger partial charge in [-0.05, 0) is 149 Å². The van der Waals surface area contributed by atoms with Gasteiger partial charge < -0.3 is 18.6 Å². The van der Waals surface area contributed by atoms with Crippen LogP contribution < -0.4 is 9.80 Å². The molecule has 1 aliphatic rings. The van der Waals surface area contributed by atoms with Crippen LogP contribution in [0.5, 0.6) is 0 Å². The molecule has 0 fully saturated rings. The minimum Gasteiger partial charge on any atom is -0.454 e. The molecule has 1 aliphatic carbocycles. The Labute approximate surface area is 463 Å². The highest BCUT2D eigenvalue weighted by molar-refractivity contribution is 6.21. The van der Waals surface area contributed by atoms with Crippen LogP contribution in [0.25, 0.3) is 87.3 Å². The number of anilines is 6. The lowest BCUT2D eigenvalue weighted by Crippen LogP contribution is -2.50. The molecule has 388 valence electrons. The standard InChI is InChI=1S/C75H66N2O2/c1-45(2)52-29-19-31-58-60-33-21-35-64(71(60)78-69(52)58)76(48-23-13-11-14-24-48)50-38-41-54-47(43-50)37-40-62-66-56-28-18-17-27-55(56)63-44-51(39-42-57(63)68(66)75(67(54)62,73(5,6)7)74(8,9)10)77(49-25-15-12-16-26-49)65-36-22-34-61-59-32-20-30-53(46(3)4)70(59)79-72(61)65/h11-46H,1-10H3. The molecule has 0 N–H and O–H groups in total. The number of rotatable bonds is 8. The van der Waals surface area contributed by atoms with E-state index < -0.39 is 5.41 Å². The predicted molar refractivity (Wildman–Crippen MR) is 336 cm³/mol. The number of furan rings is 2. The van der Waals surface area contributed by atoms with E-state index in [0.29, 0.717) is 11.8 Å². The lowest BCUT2D eigenvalue weighted by atomic mass is 9.49. The Morgan fingerprint density at radius 3 is 1.29 bits per heavy atom. The van der Waals surface area contributed by atoms with Crippen molar-refractivity contribution in [1.82, 2.24) is 0 Å². The van der Waals surface area contributed by atoms with Gasteiger partial charge in [-0.2, -0.15) is 0 Å². The molecular formula is C75H66N2O2. The highest BCUT2D eigenvalue weighted by Crippen LogP contribution is 2.69. The molecular weight excluding hydrogens is 961 g/mol. The van der Waals surface area contributed by atoms with Crippen LogP contribution in [0.1, 0.15) is 103 Å². The molecule has 0 bridgehead atoms. The van der Waals surface area contributed by atoms with Gasteiger partial charge in [-0.25, -0.2) is 0 Å². The minimum atomic E-state index is -0.449. The summed E-state index contributed by atoms with van der Waals surface area (Å²) in [6.45, 7) is 23.8. The number of hydrogen-bond acceptors (Lipinski definition) is 4. The quantitative estimate of drug-likeness (QED) is 0.142. The van der Waals surface area contributed by atoms with Gasteiger partial charge in [0.2, 0.25) is 0 Å². The maximum atomic E-state index is 7.05. The zero-order valence-electron chi connectivity index (χ0n) is 47.0. The van der Waals surface area contributed by atoms with Gasteiger partial charge in [0.1, 0.15) is 11.2 Å². The first-order chi connectivity index (χ1) is 38.2. The zero-order valence-corrected chi connectivity index (χ0v) is 47.0. The topological polar surface area (TPSA) is 32.8 Å². The number of fused-ring (bicyclic) bond motifs is 16. The Balaban J connectivity index is 1.00. The van der Waals surface area contributed by atoms with E-state index in [9.17, 15) is 0 Å². The van der Waals surface area contributed by atoms with Gasteiger partial charge >= 0.3 is 0 Å². The Kier molecular flexibility index (Phi) is 10.9. The Bertz CT molecular complexity index is 4570. The minimum absolute atomic E-state index is 0.240. The summed E-state index contributed by atoms with van der Waals surface area (Å²) in [6.07, 6.45) is 0. The highest BCUT2D eigenvalue weighted by Gasteiger charge is 2.59. The van der Waals surface area contributed by atoms with E-state index in [-0.39, 0.29) is 10.8 Å². The van der Waals surface area contributed by atoms with Crippen LogP contribution in [0.4, 0.5) is 34.1 Å². The first-order valence-electron chi connectivity index (χ1n) is 28.3. The molecule has 0 atom stereocenters. The molecule has 0 saturated carbocycles. The maximum absolute atomic E-state index is 7.05. The Morgan fingerprint density at radius 2 is 0.785 bits per heavy atom. The second kappa shape index (κ2) is 17.7. The normalized spacial score (nSPS) is 13.5. The summed E-state index contributed by atoms with van der Waals surface area (Å²) in [6, 6.07) is 76.3. The van der Waals surface area contributed by atoms with Gasteiger partial charge in [-0.3, -0.25) is 0 Å². The van der Waals surface area contributed by atoms with Crippen molar-refractivity contribution in [2.45, 2.75) is 86.5 Å². The maximum Gasteiger partial charge on any atom is 0.159 e. The average Bonchev–Trinajstić information content (AvgIpc) is 3.97. The number of nitrogens with zero attached hydrogens (tertiary/aromatic N) is 2. The lowest BCUT2D eigenvalue weighted by Gasteiger charge is -2.54.